The molecule has 1 aromatic rings. The summed E-state index contributed by atoms with van der Waals surface area (Å²) >= 11 is 0. The van der Waals surface area contributed by atoms with Crippen LogP contribution in [0.5, 0.6) is 0 Å². The molecule has 2 N–H and O–H groups in total. The Bertz CT molecular complexity index is 640. The van der Waals surface area contributed by atoms with Crippen LogP contribution in [0.15, 0.2) is 6.20 Å². The largest absolute Gasteiger partial charge is 0.368 e. The lowest BCUT2D eigenvalue weighted by atomic mass is 9.82. The molecular formula is C17H25N5O2. The maximum atomic E-state index is 12.7. The number of amides is 3. The zero-order chi connectivity index (χ0) is 17.2. The van der Waals surface area contributed by atoms with Crippen LogP contribution in [0.25, 0.3) is 0 Å². The van der Waals surface area contributed by atoms with Crippen LogP contribution < -0.4 is 10.6 Å². The number of nitrogens with zero attached hydrogens (tertiary/aromatic N) is 3. The fourth-order valence-corrected chi connectivity index (χ4v) is 3.52. The fraction of sp³-hybridized carbons (Fsp3) is 0.647. The predicted molar refractivity (Wildman–Crippen MR) is 90.7 cm³/mol. The fourth-order valence-electron chi connectivity index (χ4n) is 3.52. The van der Waals surface area contributed by atoms with Crippen molar-refractivity contribution in [3.8, 4) is 0 Å². The Morgan fingerprint density at radius 2 is 2.00 bits per heavy atom. The van der Waals surface area contributed by atoms with E-state index >= 15 is 0 Å². The number of nitrogens with one attached hydrogen (secondary N) is 2. The van der Waals surface area contributed by atoms with E-state index in [1.54, 1.807) is 6.20 Å². The molecule has 1 aliphatic carbocycles. The minimum atomic E-state index is -0.624. The maximum Gasteiger partial charge on any atom is 0.325 e. The molecule has 130 valence electrons. The van der Waals surface area contributed by atoms with Crippen LogP contribution in [-0.2, 0) is 4.79 Å². The zero-order valence-electron chi connectivity index (χ0n) is 14.4. The van der Waals surface area contributed by atoms with Crippen LogP contribution >= 0.6 is 0 Å². The molecule has 3 amide bonds. The average Bonchev–Trinajstić information content (AvgIpc) is 2.79. The Hall–Kier alpha value is -2.18. The van der Waals surface area contributed by atoms with E-state index < -0.39 is 5.54 Å². The third kappa shape index (κ3) is 3.20. The quantitative estimate of drug-likeness (QED) is 0.638. The van der Waals surface area contributed by atoms with Gasteiger partial charge in [-0.1, -0.05) is 19.3 Å². The third-order valence-electron chi connectivity index (χ3n) is 4.88. The third-order valence-corrected chi connectivity index (χ3v) is 4.88. The van der Waals surface area contributed by atoms with E-state index in [9.17, 15) is 9.59 Å². The van der Waals surface area contributed by atoms with E-state index in [0.29, 0.717) is 19.5 Å². The zero-order valence-corrected chi connectivity index (χ0v) is 14.4. The van der Waals surface area contributed by atoms with Gasteiger partial charge < -0.3 is 10.6 Å². The summed E-state index contributed by atoms with van der Waals surface area (Å²) in [7, 11) is 0. The normalized spacial score (nSPS) is 19.7. The highest BCUT2D eigenvalue weighted by Gasteiger charge is 2.50. The minimum Gasteiger partial charge on any atom is -0.368 e. The summed E-state index contributed by atoms with van der Waals surface area (Å²) < 4.78 is 0. The molecule has 0 aromatic carbocycles. The second-order valence-electron chi connectivity index (χ2n) is 6.76. The first kappa shape index (κ1) is 16.7. The van der Waals surface area contributed by atoms with Crippen molar-refractivity contribution in [2.45, 2.75) is 57.9 Å². The molecule has 7 heteroatoms. The first-order valence-electron chi connectivity index (χ1n) is 8.70. The molecule has 2 aliphatic rings. The lowest BCUT2D eigenvalue weighted by Gasteiger charge is -2.30. The number of carbonyl (C=O) groups excluding carboxylic acids is 2. The molecule has 1 spiro atoms. The number of aryl methyl sites for hydroxylation is 2. The van der Waals surface area contributed by atoms with Crippen LogP contribution in [0.3, 0.4) is 0 Å². The van der Waals surface area contributed by atoms with Gasteiger partial charge in [-0.15, -0.1) is 0 Å². The summed E-state index contributed by atoms with van der Waals surface area (Å²) in [5.74, 6) is 0.717. The number of carbonyl (C=O) groups is 2. The summed E-state index contributed by atoms with van der Waals surface area (Å²) in [4.78, 5) is 34.9. The van der Waals surface area contributed by atoms with E-state index in [1.807, 2.05) is 13.8 Å². The predicted octanol–water partition coefficient (Wildman–Crippen LogP) is 2.15. The highest BCUT2D eigenvalue weighted by Crippen LogP contribution is 2.33. The Morgan fingerprint density at radius 3 is 2.75 bits per heavy atom. The molecule has 24 heavy (non-hydrogen) atoms. The van der Waals surface area contributed by atoms with Crippen LogP contribution in [0.1, 0.15) is 49.9 Å². The molecule has 0 atom stereocenters. The molecule has 7 nitrogen and oxygen atoms in total. The second-order valence-corrected chi connectivity index (χ2v) is 6.76. The lowest BCUT2D eigenvalue weighted by molar-refractivity contribution is -0.132. The monoisotopic (exact) mass is 331 g/mol. The van der Waals surface area contributed by atoms with Crippen molar-refractivity contribution in [1.29, 1.82) is 0 Å². The van der Waals surface area contributed by atoms with Gasteiger partial charge >= 0.3 is 6.03 Å². The smallest absolute Gasteiger partial charge is 0.325 e. The number of urea groups is 1. The molecule has 0 radical (unpaired) electrons. The number of hydrogen-bond donors (Lipinski definition) is 2. The number of imide groups is 1. The molecule has 2 fully saturated rings. The van der Waals surface area contributed by atoms with Crippen LogP contribution in [0.2, 0.25) is 0 Å². The first-order chi connectivity index (χ1) is 11.5. The number of hydrogen-bond acceptors (Lipinski definition) is 5. The Balaban J connectivity index is 1.52. The molecule has 1 aliphatic heterocycles. The van der Waals surface area contributed by atoms with Crippen molar-refractivity contribution in [1.82, 2.24) is 20.2 Å². The molecule has 1 aromatic heterocycles. The molecule has 0 unspecified atom stereocenters. The standard InChI is InChI=1S/C17H25N5O2/c1-12-11-19-13(2)14(20-12)18-9-6-10-22-15(23)17(21-16(22)24)7-4-3-5-8-17/h11H,3-10H2,1-2H3,(H,18,20)(H,21,24). The van der Waals surface area contributed by atoms with Gasteiger partial charge in [-0.25, -0.2) is 9.78 Å². The maximum absolute atomic E-state index is 12.7. The van der Waals surface area contributed by atoms with Gasteiger partial charge in [-0.3, -0.25) is 14.7 Å². The van der Waals surface area contributed by atoms with Gasteiger partial charge in [-0.2, -0.15) is 0 Å². The SMILES string of the molecule is Cc1cnc(C)c(NCCCN2C(=O)NC3(CCCCC3)C2=O)n1. The van der Waals surface area contributed by atoms with Gasteiger partial charge in [0.1, 0.15) is 11.4 Å². The first-order valence-corrected chi connectivity index (χ1v) is 8.70. The Morgan fingerprint density at radius 1 is 1.25 bits per heavy atom. The summed E-state index contributed by atoms with van der Waals surface area (Å²) in [5.41, 5.74) is 1.08. The van der Waals surface area contributed by atoms with Gasteiger partial charge in [0, 0.05) is 19.3 Å². The van der Waals surface area contributed by atoms with E-state index in [4.69, 9.17) is 0 Å². The second kappa shape index (κ2) is 6.75. The number of rotatable bonds is 5. The number of aromatic nitrogens is 2. The van der Waals surface area contributed by atoms with Crippen LogP contribution in [-0.4, -0.2) is 45.4 Å². The lowest BCUT2D eigenvalue weighted by Crippen LogP contribution is -2.48. The van der Waals surface area contributed by atoms with Gasteiger partial charge in [0.25, 0.3) is 5.91 Å². The minimum absolute atomic E-state index is 0.0428. The Labute approximate surface area is 142 Å². The highest BCUT2D eigenvalue weighted by atomic mass is 16.2. The molecule has 1 saturated heterocycles. The van der Waals surface area contributed by atoms with Gasteiger partial charge in [0.15, 0.2) is 0 Å². The Kier molecular flexibility index (Phi) is 4.69. The van der Waals surface area contributed by atoms with E-state index in [2.05, 4.69) is 20.6 Å². The topological polar surface area (TPSA) is 87.2 Å². The van der Waals surface area contributed by atoms with E-state index in [1.165, 1.54) is 4.90 Å². The van der Waals surface area contributed by atoms with Crippen molar-refractivity contribution < 1.29 is 9.59 Å². The molecule has 3 rings (SSSR count). The molecular weight excluding hydrogens is 306 g/mol. The summed E-state index contributed by atoms with van der Waals surface area (Å²) in [6.07, 6.45) is 7.11. The molecule has 2 heterocycles. The molecule has 1 saturated carbocycles. The van der Waals surface area contributed by atoms with E-state index in [-0.39, 0.29) is 11.9 Å². The molecule has 0 bridgehead atoms. The highest BCUT2D eigenvalue weighted by molar-refractivity contribution is 6.07. The van der Waals surface area contributed by atoms with Gasteiger partial charge in [0.05, 0.1) is 11.4 Å². The average molecular weight is 331 g/mol. The summed E-state index contributed by atoms with van der Waals surface area (Å²) in [5, 5.41) is 6.17. The van der Waals surface area contributed by atoms with Crippen molar-refractivity contribution in [2.24, 2.45) is 0 Å². The van der Waals surface area contributed by atoms with Gasteiger partial charge in [-0.05, 0) is 33.1 Å². The summed E-state index contributed by atoms with van der Waals surface area (Å²) in [6, 6.07) is -0.242. The van der Waals surface area contributed by atoms with E-state index in [0.717, 1.165) is 49.3 Å². The van der Waals surface area contributed by atoms with Crippen LogP contribution in [0.4, 0.5) is 10.6 Å². The summed E-state index contributed by atoms with van der Waals surface area (Å²) in [6.45, 7) is 4.87. The van der Waals surface area contributed by atoms with Crippen molar-refractivity contribution >= 4 is 17.8 Å². The van der Waals surface area contributed by atoms with Crippen LogP contribution in [0, 0.1) is 13.8 Å². The van der Waals surface area contributed by atoms with Crippen molar-refractivity contribution in [2.75, 3.05) is 18.4 Å². The van der Waals surface area contributed by atoms with Gasteiger partial charge in [0.2, 0.25) is 0 Å². The van der Waals surface area contributed by atoms with Crippen molar-refractivity contribution in [3.05, 3.63) is 17.6 Å². The van der Waals surface area contributed by atoms with Crippen molar-refractivity contribution in [3.63, 3.8) is 0 Å². The number of anilines is 1.